The molecule has 0 unspecified atom stereocenters. The molecule has 0 radical (unpaired) electrons. The molecule has 6 nitrogen and oxygen atoms in total. The van der Waals surface area contributed by atoms with E-state index in [4.69, 9.17) is 4.74 Å². The predicted octanol–water partition coefficient (Wildman–Crippen LogP) is 3.50. The van der Waals surface area contributed by atoms with Gasteiger partial charge in [-0.1, -0.05) is 18.2 Å². The van der Waals surface area contributed by atoms with E-state index in [0.29, 0.717) is 11.4 Å². The zero-order valence-electron chi connectivity index (χ0n) is 15.1. The normalized spacial score (nSPS) is 10.4. The Morgan fingerprint density at radius 3 is 2.57 bits per heavy atom. The SMILES string of the molecule is Cc1cc(OCC(=O)NCc2ccc(F)cc2)nc(Nc2cccc(F)c2)n1. The fourth-order valence-electron chi connectivity index (χ4n) is 2.36. The number of nitrogens with zero attached hydrogens (tertiary/aromatic N) is 2. The van der Waals surface area contributed by atoms with Crippen LogP contribution in [0.15, 0.2) is 54.6 Å². The maximum atomic E-state index is 13.3. The Kier molecular flexibility index (Phi) is 6.11. The van der Waals surface area contributed by atoms with Gasteiger partial charge in [-0.15, -0.1) is 0 Å². The van der Waals surface area contributed by atoms with Gasteiger partial charge in [0, 0.05) is 24.0 Å². The molecule has 2 aromatic carbocycles. The van der Waals surface area contributed by atoms with Crippen LogP contribution in [0.4, 0.5) is 20.4 Å². The van der Waals surface area contributed by atoms with Gasteiger partial charge in [0.25, 0.3) is 5.91 Å². The monoisotopic (exact) mass is 384 g/mol. The Bertz CT molecular complexity index is 965. The molecule has 0 fully saturated rings. The molecule has 28 heavy (non-hydrogen) atoms. The maximum absolute atomic E-state index is 13.3. The van der Waals surface area contributed by atoms with Gasteiger partial charge in [-0.2, -0.15) is 4.98 Å². The van der Waals surface area contributed by atoms with E-state index >= 15 is 0 Å². The van der Waals surface area contributed by atoms with Gasteiger partial charge >= 0.3 is 0 Å². The number of carbonyl (C=O) groups excluding carboxylic acids is 1. The Morgan fingerprint density at radius 2 is 1.82 bits per heavy atom. The lowest BCUT2D eigenvalue weighted by atomic mass is 10.2. The Balaban J connectivity index is 1.55. The van der Waals surface area contributed by atoms with E-state index in [1.807, 2.05) is 0 Å². The molecular formula is C20H18F2N4O2. The van der Waals surface area contributed by atoms with Crippen molar-refractivity contribution in [3.8, 4) is 5.88 Å². The lowest BCUT2D eigenvalue weighted by molar-refractivity contribution is -0.123. The highest BCUT2D eigenvalue weighted by atomic mass is 19.1. The Hall–Kier alpha value is -3.55. The first-order valence-electron chi connectivity index (χ1n) is 8.50. The van der Waals surface area contributed by atoms with Gasteiger partial charge in [-0.25, -0.2) is 13.8 Å². The summed E-state index contributed by atoms with van der Waals surface area (Å²) < 4.78 is 31.6. The summed E-state index contributed by atoms with van der Waals surface area (Å²) in [5.41, 5.74) is 1.89. The number of benzene rings is 2. The third-order valence-electron chi connectivity index (χ3n) is 3.67. The average Bonchev–Trinajstić information content (AvgIpc) is 2.65. The molecule has 1 aromatic heterocycles. The van der Waals surface area contributed by atoms with E-state index in [9.17, 15) is 13.6 Å². The first kappa shape index (κ1) is 19.2. The standard InChI is InChI=1S/C20H18F2N4O2/c1-13-9-19(26-20(24-13)25-17-4-2-3-16(22)10-17)28-12-18(27)23-11-14-5-7-15(21)8-6-14/h2-10H,11-12H2,1H3,(H,23,27)(H,24,25,26). The minimum Gasteiger partial charge on any atom is -0.467 e. The van der Waals surface area contributed by atoms with Gasteiger partial charge in [0.15, 0.2) is 6.61 Å². The highest BCUT2D eigenvalue weighted by molar-refractivity contribution is 5.77. The smallest absolute Gasteiger partial charge is 0.258 e. The van der Waals surface area contributed by atoms with Gasteiger partial charge in [0.2, 0.25) is 11.8 Å². The molecule has 144 valence electrons. The quantitative estimate of drug-likeness (QED) is 0.652. The van der Waals surface area contributed by atoms with Crippen molar-refractivity contribution in [2.75, 3.05) is 11.9 Å². The number of aryl methyl sites for hydroxylation is 1. The van der Waals surface area contributed by atoms with Crippen LogP contribution in [0.3, 0.4) is 0 Å². The zero-order valence-corrected chi connectivity index (χ0v) is 15.1. The minimum atomic E-state index is -0.382. The molecular weight excluding hydrogens is 366 g/mol. The summed E-state index contributed by atoms with van der Waals surface area (Å²) in [6, 6.07) is 13.3. The second-order valence-electron chi connectivity index (χ2n) is 6.00. The number of nitrogens with one attached hydrogen (secondary N) is 2. The van der Waals surface area contributed by atoms with E-state index in [0.717, 1.165) is 5.56 Å². The first-order valence-corrected chi connectivity index (χ1v) is 8.50. The molecule has 2 N–H and O–H groups in total. The number of anilines is 2. The van der Waals surface area contributed by atoms with Gasteiger partial charge < -0.3 is 15.4 Å². The summed E-state index contributed by atoms with van der Waals surface area (Å²) in [6.07, 6.45) is 0. The molecule has 1 amide bonds. The number of amides is 1. The third-order valence-corrected chi connectivity index (χ3v) is 3.67. The average molecular weight is 384 g/mol. The number of aromatic nitrogens is 2. The van der Waals surface area contributed by atoms with E-state index < -0.39 is 0 Å². The van der Waals surface area contributed by atoms with Crippen LogP contribution in [0.2, 0.25) is 0 Å². The number of hydrogen-bond donors (Lipinski definition) is 2. The molecule has 1 heterocycles. The highest BCUT2D eigenvalue weighted by Gasteiger charge is 2.08. The third kappa shape index (κ3) is 5.73. The molecule has 3 rings (SSSR count). The summed E-state index contributed by atoms with van der Waals surface area (Å²) in [4.78, 5) is 20.3. The number of halogens is 2. The number of rotatable bonds is 7. The van der Waals surface area contributed by atoms with Crippen LogP contribution < -0.4 is 15.4 Å². The lowest BCUT2D eigenvalue weighted by Gasteiger charge is -2.10. The topological polar surface area (TPSA) is 76.1 Å². The van der Waals surface area contributed by atoms with E-state index in [1.165, 1.54) is 24.3 Å². The number of hydrogen-bond acceptors (Lipinski definition) is 5. The maximum Gasteiger partial charge on any atom is 0.258 e. The van der Waals surface area contributed by atoms with Crippen LogP contribution in [-0.4, -0.2) is 22.5 Å². The van der Waals surface area contributed by atoms with Crippen LogP contribution in [0.25, 0.3) is 0 Å². The van der Waals surface area contributed by atoms with Crippen LogP contribution in [0.1, 0.15) is 11.3 Å². The van der Waals surface area contributed by atoms with Gasteiger partial charge in [0.1, 0.15) is 11.6 Å². The van der Waals surface area contributed by atoms with Gasteiger partial charge in [-0.05, 0) is 42.8 Å². The van der Waals surface area contributed by atoms with Crippen molar-refractivity contribution in [1.82, 2.24) is 15.3 Å². The van der Waals surface area contributed by atoms with E-state index in [-0.39, 0.29) is 42.5 Å². The van der Waals surface area contributed by atoms with Crippen molar-refractivity contribution in [2.24, 2.45) is 0 Å². The number of ether oxygens (including phenoxy) is 1. The Labute approximate surface area is 160 Å². The van der Waals surface area contributed by atoms with Gasteiger partial charge in [-0.3, -0.25) is 4.79 Å². The first-order chi connectivity index (χ1) is 13.5. The van der Waals surface area contributed by atoms with E-state index in [1.54, 1.807) is 37.3 Å². The van der Waals surface area contributed by atoms with Crippen molar-refractivity contribution < 1.29 is 18.3 Å². The molecule has 0 saturated carbocycles. The fourth-order valence-corrected chi connectivity index (χ4v) is 2.36. The van der Waals surface area contributed by atoms with Crippen molar-refractivity contribution in [3.05, 3.63) is 77.5 Å². The van der Waals surface area contributed by atoms with Crippen molar-refractivity contribution in [1.29, 1.82) is 0 Å². The van der Waals surface area contributed by atoms with Crippen molar-refractivity contribution in [2.45, 2.75) is 13.5 Å². The molecule has 0 atom stereocenters. The highest BCUT2D eigenvalue weighted by Crippen LogP contribution is 2.17. The second-order valence-corrected chi connectivity index (χ2v) is 6.00. The summed E-state index contributed by atoms with van der Waals surface area (Å²) in [5.74, 6) is -0.622. The minimum absolute atomic E-state index is 0.211. The predicted molar refractivity (Wildman–Crippen MR) is 100 cm³/mol. The molecule has 8 heteroatoms. The summed E-state index contributed by atoms with van der Waals surface area (Å²) in [5, 5.41) is 5.57. The van der Waals surface area contributed by atoms with Gasteiger partial charge in [0.05, 0.1) is 0 Å². The largest absolute Gasteiger partial charge is 0.467 e. The van der Waals surface area contributed by atoms with Crippen molar-refractivity contribution in [3.63, 3.8) is 0 Å². The summed E-state index contributed by atoms with van der Waals surface area (Å²) >= 11 is 0. The second kappa shape index (κ2) is 8.90. The van der Waals surface area contributed by atoms with E-state index in [2.05, 4.69) is 20.6 Å². The molecule has 0 spiro atoms. The molecule has 0 aliphatic carbocycles. The zero-order chi connectivity index (χ0) is 19.9. The number of carbonyl (C=O) groups is 1. The molecule has 3 aromatic rings. The molecule has 0 saturated heterocycles. The lowest BCUT2D eigenvalue weighted by Crippen LogP contribution is -2.28. The van der Waals surface area contributed by atoms with Crippen LogP contribution >= 0.6 is 0 Å². The van der Waals surface area contributed by atoms with Crippen molar-refractivity contribution >= 4 is 17.5 Å². The Morgan fingerprint density at radius 1 is 1.04 bits per heavy atom. The van der Waals surface area contributed by atoms with Crippen LogP contribution in [0.5, 0.6) is 5.88 Å². The molecule has 0 bridgehead atoms. The molecule has 0 aliphatic rings. The molecule has 0 aliphatic heterocycles. The summed E-state index contributed by atoms with van der Waals surface area (Å²) in [6.45, 7) is 1.77. The fraction of sp³-hybridized carbons (Fsp3) is 0.150. The van der Waals surface area contributed by atoms with Crippen LogP contribution in [0, 0.1) is 18.6 Å². The summed E-state index contributed by atoms with van der Waals surface area (Å²) in [7, 11) is 0. The van der Waals surface area contributed by atoms with Crippen LogP contribution in [-0.2, 0) is 11.3 Å².